The maximum absolute atomic E-state index is 12.9. The second kappa shape index (κ2) is 9.76. The van der Waals surface area contributed by atoms with E-state index in [9.17, 15) is 4.79 Å². The van der Waals surface area contributed by atoms with Crippen LogP contribution in [0.3, 0.4) is 0 Å². The lowest BCUT2D eigenvalue weighted by molar-refractivity contribution is 0.0947. The zero-order valence-corrected chi connectivity index (χ0v) is 17.1. The van der Waals surface area contributed by atoms with Crippen molar-refractivity contribution in [2.75, 3.05) is 12.4 Å². The number of hydrogen-bond acceptors (Lipinski definition) is 4. The zero-order valence-electron chi connectivity index (χ0n) is 16.3. The molecular formula is C23H25N3O2S. The van der Waals surface area contributed by atoms with Crippen molar-refractivity contribution in [1.82, 2.24) is 14.9 Å². The third-order valence-corrected chi connectivity index (χ3v) is 6.26. The summed E-state index contributed by atoms with van der Waals surface area (Å²) < 4.78 is 7.73. The highest BCUT2D eigenvalue weighted by molar-refractivity contribution is 7.99. The van der Waals surface area contributed by atoms with Crippen LogP contribution in [0.15, 0.2) is 72.1 Å². The number of benzene rings is 2. The van der Waals surface area contributed by atoms with Gasteiger partial charge in [-0.1, -0.05) is 36.4 Å². The number of nitrogens with zero attached hydrogens (tertiary/aromatic N) is 2. The van der Waals surface area contributed by atoms with Crippen LogP contribution in [0.5, 0.6) is 0 Å². The molecule has 2 aromatic carbocycles. The number of nitrogens with one attached hydrogen (secondary N) is 1. The van der Waals surface area contributed by atoms with E-state index in [4.69, 9.17) is 4.74 Å². The third-order valence-electron chi connectivity index (χ3n) is 5.05. The van der Waals surface area contributed by atoms with E-state index in [1.54, 1.807) is 24.3 Å². The number of carbonyl (C=O) groups is 1. The van der Waals surface area contributed by atoms with Crippen LogP contribution in [0.25, 0.3) is 0 Å². The van der Waals surface area contributed by atoms with Crippen LogP contribution >= 0.6 is 11.8 Å². The fraction of sp³-hybridized carbons (Fsp3) is 0.304. The highest BCUT2D eigenvalue weighted by Gasteiger charge is 2.18. The van der Waals surface area contributed by atoms with Gasteiger partial charge in [0.2, 0.25) is 0 Å². The van der Waals surface area contributed by atoms with E-state index in [0.717, 1.165) is 47.8 Å². The topological polar surface area (TPSA) is 56.2 Å². The molecule has 6 heteroatoms. The van der Waals surface area contributed by atoms with Gasteiger partial charge < -0.3 is 14.6 Å². The first kappa shape index (κ1) is 19.7. The first-order valence-electron chi connectivity index (χ1n) is 9.94. The van der Waals surface area contributed by atoms with Crippen molar-refractivity contribution in [2.24, 2.45) is 0 Å². The molecule has 29 heavy (non-hydrogen) atoms. The quantitative estimate of drug-likeness (QED) is 0.571. The predicted octanol–water partition coefficient (Wildman–Crippen LogP) is 4.13. The summed E-state index contributed by atoms with van der Waals surface area (Å²) in [5.41, 5.74) is 3.01. The Bertz CT molecular complexity index is 937. The van der Waals surface area contributed by atoms with Crippen LogP contribution < -0.4 is 5.32 Å². The van der Waals surface area contributed by atoms with Crippen LogP contribution in [-0.2, 0) is 17.8 Å². The molecule has 1 aromatic heterocycles. The summed E-state index contributed by atoms with van der Waals surface area (Å²) in [6.45, 7) is 2.08. The van der Waals surface area contributed by atoms with E-state index >= 15 is 0 Å². The molecule has 0 saturated carbocycles. The minimum atomic E-state index is -0.0436. The number of imidazole rings is 1. The maximum atomic E-state index is 12.9. The third kappa shape index (κ3) is 5.28. The molecule has 1 saturated heterocycles. The molecule has 0 unspecified atom stereocenters. The van der Waals surface area contributed by atoms with Crippen LogP contribution in [0, 0.1) is 0 Å². The fourth-order valence-electron chi connectivity index (χ4n) is 3.47. The zero-order chi connectivity index (χ0) is 19.9. The summed E-state index contributed by atoms with van der Waals surface area (Å²) in [7, 11) is 0. The number of rotatable bonds is 8. The number of thioether (sulfide) groups is 1. The molecule has 0 aliphatic carbocycles. The van der Waals surface area contributed by atoms with Crippen LogP contribution in [0.2, 0.25) is 0 Å². The molecule has 1 amide bonds. The molecule has 3 aromatic rings. The minimum Gasteiger partial charge on any atom is -0.377 e. The lowest BCUT2D eigenvalue weighted by atomic mass is 10.1. The highest BCUT2D eigenvalue weighted by atomic mass is 32.2. The van der Waals surface area contributed by atoms with Crippen molar-refractivity contribution in [3.05, 3.63) is 83.9 Å². The van der Waals surface area contributed by atoms with Gasteiger partial charge in [-0.15, -0.1) is 11.8 Å². The number of carbonyl (C=O) groups excluding carboxylic acids is 1. The van der Waals surface area contributed by atoms with Gasteiger partial charge in [0.25, 0.3) is 5.91 Å². The Morgan fingerprint density at radius 2 is 2.00 bits per heavy atom. The van der Waals surface area contributed by atoms with E-state index in [1.807, 2.05) is 47.2 Å². The summed E-state index contributed by atoms with van der Waals surface area (Å²) in [5.74, 6) is 0.843. The van der Waals surface area contributed by atoms with Gasteiger partial charge in [0.15, 0.2) is 0 Å². The summed E-state index contributed by atoms with van der Waals surface area (Å²) in [4.78, 5) is 18.0. The van der Waals surface area contributed by atoms with E-state index in [1.165, 1.54) is 5.56 Å². The smallest absolute Gasteiger partial charge is 0.252 e. The van der Waals surface area contributed by atoms with Gasteiger partial charge in [0.1, 0.15) is 0 Å². The largest absolute Gasteiger partial charge is 0.377 e. The first-order chi connectivity index (χ1) is 14.3. The summed E-state index contributed by atoms with van der Waals surface area (Å²) in [6.07, 6.45) is 8.05. The monoisotopic (exact) mass is 407 g/mol. The summed E-state index contributed by atoms with van der Waals surface area (Å²) in [5, 5.41) is 3.10. The lowest BCUT2D eigenvalue weighted by Crippen LogP contribution is -2.24. The molecule has 1 N–H and O–H groups in total. The molecule has 1 atom stereocenters. The van der Waals surface area contributed by atoms with Gasteiger partial charge in [0, 0.05) is 42.7 Å². The van der Waals surface area contributed by atoms with Crippen molar-refractivity contribution < 1.29 is 9.53 Å². The van der Waals surface area contributed by atoms with E-state index in [0.29, 0.717) is 12.6 Å². The lowest BCUT2D eigenvalue weighted by Gasteiger charge is -2.14. The predicted molar refractivity (Wildman–Crippen MR) is 115 cm³/mol. The van der Waals surface area contributed by atoms with Crippen molar-refractivity contribution in [3.8, 4) is 0 Å². The molecule has 150 valence electrons. The molecule has 0 bridgehead atoms. The van der Waals surface area contributed by atoms with Gasteiger partial charge in [-0.25, -0.2) is 4.98 Å². The molecule has 2 heterocycles. The number of amides is 1. The van der Waals surface area contributed by atoms with Crippen LogP contribution in [-0.4, -0.2) is 33.9 Å². The van der Waals surface area contributed by atoms with Crippen LogP contribution in [0.4, 0.5) is 0 Å². The summed E-state index contributed by atoms with van der Waals surface area (Å²) in [6, 6.07) is 16.0. The Balaban J connectivity index is 1.40. The second-order valence-corrected chi connectivity index (χ2v) is 8.19. The Hall–Kier alpha value is -2.57. The standard InChI is InChI=1S/C23H25N3O2S/c27-23(21-9-3-4-10-22(21)29-16-20-8-5-13-28-20)25-14-18-6-1-2-7-19(18)15-26-12-11-24-17-26/h1-4,6-7,9-12,17,20H,5,8,13-16H2,(H,25,27)/t20-/m1/s1. The van der Waals surface area contributed by atoms with E-state index in [-0.39, 0.29) is 5.91 Å². The highest BCUT2D eigenvalue weighted by Crippen LogP contribution is 2.27. The maximum Gasteiger partial charge on any atom is 0.252 e. The Labute approximate surface area is 175 Å². The summed E-state index contributed by atoms with van der Waals surface area (Å²) >= 11 is 1.70. The number of hydrogen-bond donors (Lipinski definition) is 1. The van der Waals surface area contributed by atoms with Gasteiger partial charge in [-0.2, -0.15) is 0 Å². The van der Waals surface area contributed by atoms with E-state index < -0.39 is 0 Å². The van der Waals surface area contributed by atoms with E-state index in [2.05, 4.69) is 22.4 Å². The number of aromatic nitrogens is 2. The van der Waals surface area contributed by atoms with Gasteiger partial charge in [-0.3, -0.25) is 4.79 Å². The SMILES string of the molecule is O=C(NCc1ccccc1Cn1ccnc1)c1ccccc1SC[C@H]1CCCO1. The Morgan fingerprint density at radius 3 is 2.79 bits per heavy atom. The minimum absolute atomic E-state index is 0.0436. The fourth-order valence-corrected chi connectivity index (χ4v) is 4.59. The molecule has 1 fully saturated rings. The van der Waals surface area contributed by atoms with Crippen molar-refractivity contribution in [1.29, 1.82) is 0 Å². The van der Waals surface area contributed by atoms with Crippen molar-refractivity contribution >= 4 is 17.7 Å². The van der Waals surface area contributed by atoms with Crippen molar-refractivity contribution in [3.63, 3.8) is 0 Å². The molecule has 1 aliphatic rings. The average molecular weight is 408 g/mol. The van der Waals surface area contributed by atoms with Gasteiger partial charge >= 0.3 is 0 Å². The van der Waals surface area contributed by atoms with Crippen molar-refractivity contribution in [2.45, 2.75) is 36.9 Å². The average Bonchev–Trinajstić information content (AvgIpc) is 3.46. The Kier molecular flexibility index (Phi) is 6.64. The van der Waals surface area contributed by atoms with Gasteiger partial charge in [-0.05, 0) is 36.1 Å². The first-order valence-corrected chi connectivity index (χ1v) is 10.9. The van der Waals surface area contributed by atoms with Crippen LogP contribution in [0.1, 0.15) is 34.3 Å². The Morgan fingerprint density at radius 1 is 1.17 bits per heavy atom. The molecule has 4 rings (SSSR count). The number of ether oxygens (including phenoxy) is 1. The molecule has 0 spiro atoms. The molecule has 0 radical (unpaired) electrons. The second-order valence-electron chi connectivity index (χ2n) is 7.13. The normalized spacial score (nSPS) is 16.1. The molecule has 5 nitrogen and oxygen atoms in total. The molecular weight excluding hydrogens is 382 g/mol. The van der Waals surface area contributed by atoms with Gasteiger partial charge in [0.05, 0.1) is 18.0 Å². The molecule has 1 aliphatic heterocycles.